The Hall–Kier alpha value is -0.0500. The first-order chi connectivity index (χ1) is 6.93. The molecule has 88 valence electrons. The molecule has 1 saturated heterocycles. The standard InChI is InChI=1S/C12H22BrNO/c1-8(2)11(13)12(15)14-6-5-9(3)10(4)7-14/h8-11H,5-7H2,1-4H3. The first-order valence-electron chi connectivity index (χ1n) is 5.86. The van der Waals surface area contributed by atoms with Gasteiger partial charge in [0.05, 0.1) is 4.83 Å². The third-order valence-electron chi connectivity index (χ3n) is 3.47. The van der Waals surface area contributed by atoms with Gasteiger partial charge in [0.15, 0.2) is 0 Å². The van der Waals surface area contributed by atoms with E-state index in [1.54, 1.807) is 0 Å². The van der Waals surface area contributed by atoms with Crippen molar-refractivity contribution in [1.29, 1.82) is 0 Å². The molecule has 15 heavy (non-hydrogen) atoms. The number of carbonyl (C=O) groups excluding carboxylic acids is 1. The van der Waals surface area contributed by atoms with Crippen molar-refractivity contribution in [2.75, 3.05) is 13.1 Å². The average molecular weight is 276 g/mol. The van der Waals surface area contributed by atoms with Crippen molar-refractivity contribution in [1.82, 2.24) is 4.90 Å². The van der Waals surface area contributed by atoms with E-state index in [1.165, 1.54) is 0 Å². The van der Waals surface area contributed by atoms with Gasteiger partial charge in [-0.05, 0) is 24.2 Å². The van der Waals surface area contributed by atoms with E-state index in [0.29, 0.717) is 11.8 Å². The minimum atomic E-state index is -0.0156. The van der Waals surface area contributed by atoms with Gasteiger partial charge < -0.3 is 4.90 Å². The van der Waals surface area contributed by atoms with Crippen LogP contribution < -0.4 is 0 Å². The Morgan fingerprint density at radius 3 is 2.40 bits per heavy atom. The van der Waals surface area contributed by atoms with Crippen molar-refractivity contribution in [3.63, 3.8) is 0 Å². The predicted octanol–water partition coefficient (Wildman–Crippen LogP) is 2.91. The number of amides is 1. The second kappa shape index (κ2) is 5.33. The normalized spacial score (nSPS) is 29.3. The van der Waals surface area contributed by atoms with Gasteiger partial charge >= 0.3 is 0 Å². The van der Waals surface area contributed by atoms with Crippen molar-refractivity contribution < 1.29 is 4.79 Å². The summed E-state index contributed by atoms with van der Waals surface area (Å²) < 4.78 is 0. The first-order valence-corrected chi connectivity index (χ1v) is 6.78. The molecule has 2 nitrogen and oxygen atoms in total. The maximum atomic E-state index is 12.1. The Balaban J connectivity index is 2.54. The summed E-state index contributed by atoms with van der Waals surface area (Å²) in [7, 11) is 0. The Labute approximate surface area is 102 Å². The zero-order valence-corrected chi connectivity index (χ0v) is 11.8. The summed E-state index contributed by atoms with van der Waals surface area (Å²) in [6, 6.07) is 0. The molecule has 0 aromatic rings. The molecule has 0 radical (unpaired) electrons. The molecule has 0 N–H and O–H groups in total. The molecule has 1 aliphatic heterocycles. The number of carbonyl (C=O) groups is 1. The Kier molecular flexibility index (Phi) is 4.63. The van der Waals surface area contributed by atoms with E-state index in [-0.39, 0.29) is 10.7 Å². The molecular weight excluding hydrogens is 254 g/mol. The van der Waals surface area contributed by atoms with E-state index >= 15 is 0 Å². The highest BCUT2D eigenvalue weighted by Crippen LogP contribution is 2.25. The Bertz CT molecular complexity index is 230. The lowest BCUT2D eigenvalue weighted by Crippen LogP contribution is -2.46. The monoisotopic (exact) mass is 275 g/mol. The number of piperidine rings is 1. The van der Waals surface area contributed by atoms with Crippen LogP contribution in [0.1, 0.15) is 34.1 Å². The molecule has 1 aliphatic rings. The molecule has 0 aromatic heterocycles. The molecule has 3 heteroatoms. The van der Waals surface area contributed by atoms with Gasteiger partial charge in [-0.3, -0.25) is 4.79 Å². The van der Waals surface area contributed by atoms with Gasteiger partial charge in [0, 0.05) is 13.1 Å². The minimum absolute atomic E-state index is 0.0156. The summed E-state index contributed by atoms with van der Waals surface area (Å²) in [5.74, 6) is 2.02. The molecule has 0 saturated carbocycles. The number of hydrogen-bond donors (Lipinski definition) is 0. The lowest BCUT2D eigenvalue weighted by molar-refractivity contribution is -0.133. The molecule has 0 bridgehead atoms. The third-order valence-corrected chi connectivity index (χ3v) is 4.92. The Morgan fingerprint density at radius 2 is 1.93 bits per heavy atom. The highest BCUT2D eigenvalue weighted by atomic mass is 79.9. The second-order valence-electron chi connectivity index (χ2n) is 5.17. The zero-order valence-electron chi connectivity index (χ0n) is 10.2. The van der Waals surface area contributed by atoms with Crippen LogP contribution in [0.15, 0.2) is 0 Å². The van der Waals surface area contributed by atoms with Crippen LogP contribution in [0, 0.1) is 17.8 Å². The number of rotatable bonds is 2. The fourth-order valence-corrected chi connectivity index (χ4v) is 2.21. The van der Waals surface area contributed by atoms with Crippen molar-refractivity contribution in [2.45, 2.75) is 38.9 Å². The van der Waals surface area contributed by atoms with Crippen LogP contribution in [0.4, 0.5) is 0 Å². The topological polar surface area (TPSA) is 20.3 Å². The van der Waals surface area contributed by atoms with Gasteiger partial charge in [-0.1, -0.05) is 43.6 Å². The maximum Gasteiger partial charge on any atom is 0.236 e. The Morgan fingerprint density at radius 1 is 1.33 bits per heavy atom. The molecule has 0 aliphatic carbocycles. The molecule has 1 rings (SSSR count). The van der Waals surface area contributed by atoms with Crippen LogP contribution in [-0.2, 0) is 4.79 Å². The van der Waals surface area contributed by atoms with E-state index in [9.17, 15) is 4.79 Å². The van der Waals surface area contributed by atoms with Gasteiger partial charge in [0.25, 0.3) is 0 Å². The van der Waals surface area contributed by atoms with E-state index in [1.807, 2.05) is 4.90 Å². The first kappa shape index (κ1) is 13.0. The molecule has 0 spiro atoms. The maximum absolute atomic E-state index is 12.1. The highest BCUT2D eigenvalue weighted by Gasteiger charge is 2.30. The van der Waals surface area contributed by atoms with E-state index < -0.39 is 0 Å². The fraction of sp³-hybridized carbons (Fsp3) is 0.917. The van der Waals surface area contributed by atoms with Crippen molar-refractivity contribution >= 4 is 21.8 Å². The van der Waals surface area contributed by atoms with Crippen molar-refractivity contribution in [3.05, 3.63) is 0 Å². The van der Waals surface area contributed by atoms with E-state index in [2.05, 4.69) is 43.6 Å². The number of alkyl halides is 1. The van der Waals surface area contributed by atoms with Crippen LogP contribution in [0.25, 0.3) is 0 Å². The minimum Gasteiger partial charge on any atom is -0.341 e. The highest BCUT2D eigenvalue weighted by molar-refractivity contribution is 9.10. The van der Waals surface area contributed by atoms with Gasteiger partial charge in [-0.15, -0.1) is 0 Å². The number of hydrogen-bond acceptors (Lipinski definition) is 1. The average Bonchev–Trinajstić information content (AvgIpc) is 2.19. The largest absolute Gasteiger partial charge is 0.341 e. The predicted molar refractivity (Wildman–Crippen MR) is 67.1 cm³/mol. The van der Waals surface area contributed by atoms with E-state index in [4.69, 9.17) is 0 Å². The van der Waals surface area contributed by atoms with E-state index in [0.717, 1.165) is 25.4 Å². The number of nitrogens with zero attached hydrogens (tertiary/aromatic N) is 1. The van der Waals surface area contributed by atoms with Crippen LogP contribution in [-0.4, -0.2) is 28.7 Å². The second-order valence-corrected chi connectivity index (χ2v) is 6.16. The molecular formula is C12H22BrNO. The summed E-state index contributed by atoms with van der Waals surface area (Å²) in [5, 5.41) is 0. The van der Waals surface area contributed by atoms with Crippen molar-refractivity contribution in [3.8, 4) is 0 Å². The molecule has 1 fully saturated rings. The number of halogens is 1. The third kappa shape index (κ3) is 3.20. The molecule has 3 atom stereocenters. The number of likely N-dealkylation sites (tertiary alicyclic amines) is 1. The molecule has 1 amide bonds. The van der Waals surface area contributed by atoms with Crippen LogP contribution in [0.3, 0.4) is 0 Å². The van der Waals surface area contributed by atoms with Crippen molar-refractivity contribution in [2.24, 2.45) is 17.8 Å². The lowest BCUT2D eigenvalue weighted by Gasteiger charge is -2.36. The quantitative estimate of drug-likeness (QED) is 0.710. The van der Waals surface area contributed by atoms with Crippen LogP contribution in [0.2, 0.25) is 0 Å². The summed E-state index contributed by atoms with van der Waals surface area (Å²) >= 11 is 3.49. The summed E-state index contributed by atoms with van der Waals surface area (Å²) in [5.41, 5.74) is 0. The SMILES string of the molecule is CC(C)C(Br)C(=O)N1CCC(C)C(C)C1. The van der Waals surface area contributed by atoms with Gasteiger partial charge in [0.1, 0.15) is 0 Å². The van der Waals surface area contributed by atoms with Crippen LogP contribution in [0.5, 0.6) is 0 Å². The van der Waals surface area contributed by atoms with Gasteiger partial charge in [0.2, 0.25) is 5.91 Å². The summed E-state index contributed by atoms with van der Waals surface area (Å²) in [6.45, 7) is 10.5. The summed E-state index contributed by atoms with van der Waals surface area (Å²) in [6.07, 6.45) is 1.14. The van der Waals surface area contributed by atoms with Crippen LogP contribution >= 0.6 is 15.9 Å². The fourth-order valence-electron chi connectivity index (χ4n) is 1.92. The van der Waals surface area contributed by atoms with Gasteiger partial charge in [-0.25, -0.2) is 0 Å². The molecule has 0 aromatic carbocycles. The zero-order chi connectivity index (χ0) is 11.6. The smallest absolute Gasteiger partial charge is 0.236 e. The lowest BCUT2D eigenvalue weighted by atomic mass is 9.88. The van der Waals surface area contributed by atoms with Gasteiger partial charge in [-0.2, -0.15) is 0 Å². The summed E-state index contributed by atoms with van der Waals surface area (Å²) in [4.78, 5) is 14.1. The molecule has 1 heterocycles. The molecule has 3 unspecified atom stereocenters.